The average molecular weight is 332 g/mol. The van der Waals surface area contributed by atoms with Crippen LogP contribution >= 0.6 is 0 Å². The lowest BCUT2D eigenvalue weighted by molar-refractivity contribution is 0.102. The van der Waals surface area contributed by atoms with Crippen molar-refractivity contribution in [1.29, 1.82) is 0 Å². The lowest BCUT2D eigenvalue weighted by Gasteiger charge is -2.07. The van der Waals surface area contributed by atoms with E-state index in [-0.39, 0.29) is 11.7 Å². The van der Waals surface area contributed by atoms with Gasteiger partial charge in [0.05, 0.1) is 5.69 Å². The summed E-state index contributed by atoms with van der Waals surface area (Å²) >= 11 is 0. The van der Waals surface area contributed by atoms with Crippen LogP contribution in [0.25, 0.3) is 17.0 Å². The second kappa shape index (κ2) is 6.16. The van der Waals surface area contributed by atoms with Crippen molar-refractivity contribution in [3.05, 3.63) is 84.4 Å². The van der Waals surface area contributed by atoms with E-state index in [4.69, 9.17) is 0 Å². The molecule has 0 saturated heterocycles. The van der Waals surface area contributed by atoms with Crippen molar-refractivity contribution in [2.75, 3.05) is 5.32 Å². The highest BCUT2D eigenvalue weighted by atomic mass is 19.1. The van der Waals surface area contributed by atoms with E-state index in [0.717, 1.165) is 5.56 Å². The maximum Gasteiger partial charge on any atom is 0.256 e. The minimum absolute atomic E-state index is 0.271. The Morgan fingerprint density at radius 3 is 2.52 bits per heavy atom. The van der Waals surface area contributed by atoms with Gasteiger partial charge in [-0.25, -0.2) is 9.37 Å². The van der Waals surface area contributed by atoms with Gasteiger partial charge in [0.2, 0.25) is 5.78 Å². The normalized spacial score (nSPS) is 10.8. The van der Waals surface area contributed by atoms with Gasteiger partial charge in [0.1, 0.15) is 5.82 Å². The molecule has 2 heterocycles. The molecule has 2 aromatic heterocycles. The molecular weight excluding hydrogens is 319 g/mol. The quantitative estimate of drug-likeness (QED) is 0.621. The molecule has 4 rings (SSSR count). The van der Waals surface area contributed by atoms with Crippen molar-refractivity contribution >= 4 is 17.5 Å². The number of anilines is 1. The van der Waals surface area contributed by atoms with Crippen LogP contribution in [0.2, 0.25) is 0 Å². The molecule has 0 atom stereocenters. The Labute approximate surface area is 142 Å². The van der Waals surface area contributed by atoms with Crippen molar-refractivity contribution in [3.8, 4) is 11.3 Å². The van der Waals surface area contributed by atoms with Crippen molar-refractivity contribution in [2.24, 2.45) is 0 Å². The standard InChI is InChI=1S/C19H13FN4O/c20-15-9-7-13(8-10-15)16-17(23-19-21-11-4-12-24(16)19)22-18(25)14-5-2-1-3-6-14/h1-12H,(H,22,25). The number of hydrogen-bond donors (Lipinski definition) is 1. The highest BCUT2D eigenvalue weighted by molar-refractivity contribution is 6.05. The molecule has 0 unspecified atom stereocenters. The van der Waals surface area contributed by atoms with Crippen molar-refractivity contribution in [3.63, 3.8) is 0 Å². The Morgan fingerprint density at radius 1 is 1.00 bits per heavy atom. The number of halogens is 1. The summed E-state index contributed by atoms with van der Waals surface area (Å²) in [4.78, 5) is 21.1. The third-order valence-corrected chi connectivity index (χ3v) is 3.79. The van der Waals surface area contributed by atoms with E-state index >= 15 is 0 Å². The lowest BCUT2D eigenvalue weighted by Crippen LogP contribution is -2.12. The Kier molecular flexibility index (Phi) is 3.70. The second-order valence-electron chi connectivity index (χ2n) is 5.43. The number of amides is 1. The van der Waals surface area contributed by atoms with E-state index in [1.165, 1.54) is 12.1 Å². The number of hydrogen-bond acceptors (Lipinski definition) is 3. The molecule has 1 N–H and O–H groups in total. The molecule has 2 aromatic carbocycles. The summed E-state index contributed by atoms with van der Waals surface area (Å²) in [6.07, 6.45) is 3.42. The minimum atomic E-state index is -0.328. The Morgan fingerprint density at radius 2 is 1.76 bits per heavy atom. The van der Waals surface area contributed by atoms with Crippen LogP contribution in [0.3, 0.4) is 0 Å². The maximum atomic E-state index is 13.3. The molecule has 0 aliphatic carbocycles. The molecule has 122 valence electrons. The van der Waals surface area contributed by atoms with Gasteiger partial charge in [-0.1, -0.05) is 18.2 Å². The summed E-state index contributed by atoms with van der Waals surface area (Å²) in [7, 11) is 0. The summed E-state index contributed by atoms with van der Waals surface area (Å²) in [6.45, 7) is 0. The van der Waals surface area contributed by atoms with Gasteiger partial charge >= 0.3 is 0 Å². The molecule has 25 heavy (non-hydrogen) atoms. The number of carbonyl (C=O) groups is 1. The first-order valence-corrected chi connectivity index (χ1v) is 7.68. The fraction of sp³-hybridized carbons (Fsp3) is 0. The molecule has 1 amide bonds. The average Bonchev–Trinajstić information content (AvgIpc) is 3.01. The first-order valence-electron chi connectivity index (χ1n) is 7.68. The number of nitrogens with one attached hydrogen (secondary N) is 1. The van der Waals surface area contributed by atoms with Gasteiger partial charge in [-0.2, -0.15) is 4.98 Å². The summed E-state index contributed by atoms with van der Waals surface area (Å²) in [5, 5.41) is 2.82. The molecular formula is C19H13FN4O. The number of rotatable bonds is 3. The zero-order valence-corrected chi connectivity index (χ0v) is 13.1. The van der Waals surface area contributed by atoms with Crippen LogP contribution < -0.4 is 5.32 Å². The molecule has 0 radical (unpaired) electrons. The lowest BCUT2D eigenvalue weighted by atomic mass is 10.1. The second-order valence-corrected chi connectivity index (χ2v) is 5.43. The summed E-state index contributed by atoms with van der Waals surface area (Å²) in [5.41, 5.74) is 1.90. The zero-order valence-electron chi connectivity index (χ0n) is 13.1. The fourth-order valence-electron chi connectivity index (χ4n) is 2.63. The van der Waals surface area contributed by atoms with Crippen LogP contribution in [-0.4, -0.2) is 20.3 Å². The number of carbonyl (C=O) groups excluding carboxylic acids is 1. The van der Waals surface area contributed by atoms with Crippen LogP contribution in [0.1, 0.15) is 10.4 Å². The van der Waals surface area contributed by atoms with Crippen LogP contribution in [-0.2, 0) is 0 Å². The summed E-state index contributed by atoms with van der Waals surface area (Å²) in [6, 6.07) is 16.7. The Hall–Kier alpha value is -3.54. The van der Waals surface area contributed by atoms with Crippen molar-refractivity contribution in [2.45, 2.75) is 0 Å². The van der Waals surface area contributed by atoms with Crippen LogP contribution in [0.4, 0.5) is 10.2 Å². The largest absolute Gasteiger partial charge is 0.305 e. The highest BCUT2D eigenvalue weighted by Gasteiger charge is 2.17. The van der Waals surface area contributed by atoms with E-state index in [2.05, 4.69) is 15.3 Å². The molecule has 0 fully saturated rings. The van der Waals surface area contributed by atoms with Gasteiger partial charge in [0.15, 0.2) is 5.82 Å². The molecule has 5 nitrogen and oxygen atoms in total. The van der Waals surface area contributed by atoms with Crippen molar-refractivity contribution in [1.82, 2.24) is 14.4 Å². The number of nitrogens with zero attached hydrogens (tertiary/aromatic N) is 3. The number of imidazole rings is 1. The maximum absolute atomic E-state index is 13.3. The fourth-order valence-corrected chi connectivity index (χ4v) is 2.63. The number of aromatic nitrogens is 3. The third kappa shape index (κ3) is 2.85. The van der Waals surface area contributed by atoms with Gasteiger partial charge < -0.3 is 5.32 Å². The number of benzene rings is 2. The summed E-state index contributed by atoms with van der Waals surface area (Å²) < 4.78 is 15.0. The summed E-state index contributed by atoms with van der Waals surface area (Å²) in [5.74, 6) is 0.224. The molecule has 0 aliphatic rings. The third-order valence-electron chi connectivity index (χ3n) is 3.79. The first-order chi connectivity index (χ1) is 12.2. The molecule has 6 heteroatoms. The van der Waals surface area contributed by atoms with E-state index in [1.807, 2.05) is 6.07 Å². The SMILES string of the molecule is O=C(Nc1nc2ncccn2c1-c1ccc(F)cc1)c1ccccc1. The predicted molar refractivity (Wildman–Crippen MR) is 92.8 cm³/mol. The number of fused-ring (bicyclic) bond motifs is 1. The Bertz CT molecular complexity index is 1040. The van der Waals surface area contributed by atoms with Gasteiger partial charge in [-0.15, -0.1) is 0 Å². The van der Waals surface area contributed by atoms with Crippen molar-refractivity contribution < 1.29 is 9.18 Å². The smallest absolute Gasteiger partial charge is 0.256 e. The van der Waals surface area contributed by atoms with E-state index in [0.29, 0.717) is 22.9 Å². The molecule has 0 spiro atoms. The monoisotopic (exact) mass is 332 g/mol. The molecule has 0 saturated carbocycles. The topological polar surface area (TPSA) is 59.3 Å². The Balaban J connectivity index is 1.82. The zero-order chi connectivity index (χ0) is 17.2. The van der Waals surface area contributed by atoms with E-state index < -0.39 is 0 Å². The first kappa shape index (κ1) is 15.0. The van der Waals surface area contributed by atoms with E-state index in [9.17, 15) is 9.18 Å². The minimum Gasteiger partial charge on any atom is -0.305 e. The van der Waals surface area contributed by atoms with Crippen LogP contribution in [0, 0.1) is 5.82 Å². The van der Waals surface area contributed by atoms with Gasteiger partial charge in [0, 0.05) is 23.5 Å². The van der Waals surface area contributed by atoms with Crippen LogP contribution in [0.5, 0.6) is 0 Å². The van der Waals surface area contributed by atoms with Gasteiger partial charge in [-0.3, -0.25) is 9.20 Å². The predicted octanol–water partition coefficient (Wildman–Crippen LogP) is 3.79. The molecule has 0 bridgehead atoms. The molecule has 4 aromatic rings. The molecule has 0 aliphatic heterocycles. The van der Waals surface area contributed by atoms with Gasteiger partial charge in [-0.05, 0) is 42.5 Å². The van der Waals surface area contributed by atoms with E-state index in [1.54, 1.807) is 59.3 Å². The van der Waals surface area contributed by atoms with Crippen LogP contribution in [0.15, 0.2) is 73.1 Å². The highest BCUT2D eigenvalue weighted by Crippen LogP contribution is 2.29. The van der Waals surface area contributed by atoms with Gasteiger partial charge in [0.25, 0.3) is 5.91 Å².